The lowest BCUT2D eigenvalue weighted by atomic mass is 10.5. The second kappa shape index (κ2) is 7.61. The zero-order valence-electron chi connectivity index (χ0n) is 12.2. The van der Waals surface area contributed by atoms with Crippen LogP contribution in [0.4, 0.5) is 5.13 Å². The summed E-state index contributed by atoms with van der Waals surface area (Å²) in [4.78, 5) is 5.16. The summed E-state index contributed by atoms with van der Waals surface area (Å²) in [6.07, 6.45) is 1.73. The number of rotatable bonds is 6. The van der Waals surface area contributed by atoms with Crippen LogP contribution in [0.5, 0.6) is 0 Å². The summed E-state index contributed by atoms with van der Waals surface area (Å²) >= 11 is 3.09. The van der Waals surface area contributed by atoms with Gasteiger partial charge in [-0.2, -0.15) is 20.2 Å². The average molecular weight is 376 g/mol. The molecule has 1 aliphatic rings. The van der Waals surface area contributed by atoms with Gasteiger partial charge in [0.15, 0.2) is 22.8 Å². The van der Waals surface area contributed by atoms with Crippen molar-refractivity contribution in [1.29, 1.82) is 5.41 Å². The van der Waals surface area contributed by atoms with Crippen molar-refractivity contribution in [3.05, 3.63) is 11.1 Å². The number of guanidine groups is 1. The Morgan fingerprint density at radius 1 is 1.43 bits per heavy atom. The number of nitrogens with one attached hydrogen (secondary N) is 4. The predicted molar refractivity (Wildman–Crippen MR) is 94.7 cm³/mol. The highest BCUT2D eigenvalue weighted by molar-refractivity contribution is 7.98. The van der Waals surface area contributed by atoms with E-state index in [2.05, 4.69) is 29.7 Å². The van der Waals surface area contributed by atoms with Crippen molar-refractivity contribution in [1.82, 2.24) is 15.6 Å². The van der Waals surface area contributed by atoms with E-state index in [1.807, 2.05) is 0 Å². The van der Waals surface area contributed by atoms with Gasteiger partial charge in [-0.25, -0.2) is 4.98 Å². The van der Waals surface area contributed by atoms with Crippen LogP contribution in [-0.2, 0) is 16.0 Å². The van der Waals surface area contributed by atoms with Gasteiger partial charge in [-0.15, -0.1) is 20.1 Å². The molecule has 1 aromatic heterocycles. The lowest BCUT2D eigenvalue weighted by Crippen LogP contribution is -2.37. The first kappa shape index (κ1) is 17.5. The predicted octanol–water partition coefficient (Wildman–Crippen LogP) is -0.454. The van der Waals surface area contributed by atoms with Crippen LogP contribution in [0.25, 0.3) is 0 Å². The maximum Gasteiger partial charge on any atom is 0.367 e. The van der Waals surface area contributed by atoms with Crippen molar-refractivity contribution >= 4 is 56.1 Å². The summed E-state index contributed by atoms with van der Waals surface area (Å²) < 4.78 is 29.5. The molecule has 0 saturated carbocycles. The maximum absolute atomic E-state index is 11.3. The van der Waals surface area contributed by atoms with Crippen LogP contribution in [0.2, 0.25) is 0 Å². The van der Waals surface area contributed by atoms with Crippen molar-refractivity contribution in [3.8, 4) is 0 Å². The van der Waals surface area contributed by atoms with E-state index in [9.17, 15) is 8.42 Å². The van der Waals surface area contributed by atoms with Crippen molar-refractivity contribution in [2.45, 2.75) is 5.75 Å². The Balaban J connectivity index is 1.71. The first-order valence-corrected chi connectivity index (χ1v) is 9.77. The SMILES string of the molecule is CNC1=NS(=O)(=O)N=C1NCCSCc1cnc(NC(=N)N)s1. The van der Waals surface area contributed by atoms with Gasteiger partial charge in [0.25, 0.3) is 0 Å². The zero-order chi connectivity index (χ0) is 16.9. The van der Waals surface area contributed by atoms with Crippen molar-refractivity contribution in [2.24, 2.45) is 14.5 Å². The van der Waals surface area contributed by atoms with E-state index >= 15 is 0 Å². The minimum absolute atomic E-state index is 0.142. The molecule has 6 N–H and O–H groups in total. The van der Waals surface area contributed by atoms with Crippen LogP contribution < -0.4 is 21.7 Å². The summed E-state index contributed by atoms with van der Waals surface area (Å²) in [5, 5.41) is 16.0. The Labute approximate surface area is 141 Å². The molecular formula is C10H16N8O2S3. The highest BCUT2D eigenvalue weighted by atomic mass is 32.2. The summed E-state index contributed by atoms with van der Waals surface area (Å²) in [6.45, 7) is 0.553. The number of hydrogen-bond acceptors (Lipinski definition) is 8. The fourth-order valence-corrected chi connectivity index (χ4v) is 4.18. The molecule has 0 aromatic carbocycles. The Kier molecular flexibility index (Phi) is 5.79. The fraction of sp³-hybridized carbons (Fsp3) is 0.400. The van der Waals surface area contributed by atoms with Gasteiger partial charge >= 0.3 is 10.2 Å². The summed E-state index contributed by atoms with van der Waals surface area (Å²) in [6, 6.07) is 0. The average Bonchev–Trinajstić information content (AvgIpc) is 3.01. The van der Waals surface area contributed by atoms with Crippen LogP contribution in [0, 0.1) is 5.41 Å². The Bertz CT molecular complexity index is 739. The minimum Gasteiger partial charge on any atom is -0.370 e. The molecule has 13 heteroatoms. The molecule has 10 nitrogen and oxygen atoms in total. The molecule has 1 aromatic rings. The van der Waals surface area contributed by atoms with Gasteiger partial charge in [0.2, 0.25) is 0 Å². The van der Waals surface area contributed by atoms with E-state index in [1.54, 1.807) is 25.0 Å². The number of thioether (sulfide) groups is 1. The van der Waals surface area contributed by atoms with Gasteiger partial charge in [0.1, 0.15) is 0 Å². The number of likely N-dealkylation sites (N-methyl/N-ethyl adjacent to an activating group) is 1. The molecule has 126 valence electrons. The third-order valence-corrected chi connectivity index (χ3v) is 5.38. The highest BCUT2D eigenvalue weighted by Gasteiger charge is 2.22. The molecule has 0 fully saturated rings. The van der Waals surface area contributed by atoms with Crippen molar-refractivity contribution < 1.29 is 8.42 Å². The van der Waals surface area contributed by atoms with E-state index in [0.29, 0.717) is 11.7 Å². The van der Waals surface area contributed by atoms with Crippen LogP contribution in [0.15, 0.2) is 15.0 Å². The first-order chi connectivity index (χ1) is 10.9. The second-order valence-electron chi connectivity index (χ2n) is 4.23. The molecule has 23 heavy (non-hydrogen) atoms. The van der Waals surface area contributed by atoms with E-state index in [1.165, 1.54) is 11.3 Å². The molecule has 0 bridgehead atoms. The third kappa shape index (κ3) is 5.37. The maximum atomic E-state index is 11.3. The molecule has 0 amide bonds. The second-order valence-corrected chi connectivity index (χ2v) is 7.71. The number of aromatic nitrogens is 1. The van der Waals surface area contributed by atoms with E-state index in [4.69, 9.17) is 11.1 Å². The molecule has 2 heterocycles. The molecule has 0 spiro atoms. The molecule has 2 rings (SSSR count). The summed E-state index contributed by atoms with van der Waals surface area (Å²) in [5.74, 6) is 1.83. The van der Waals surface area contributed by atoms with Gasteiger partial charge in [-0.05, 0) is 0 Å². The van der Waals surface area contributed by atoms with Gasteiger partial charge < -0.3 is 21.7 Å². The highest BCUT2D eigenvalue weighted by Crippen LogP contribution is 2.22. The normalized spacial score (nSPS) is 15.7. The molecule has 0 unspecified atom stereocenters. The number of nitrogens with two attached hydrogens (primary N) is 1. The summed E-state index contributed by atoms with van der Waals surface area (Å²) in [5.41, 5.74) is 5.23. The lowest BCUT2D eigenvalue weighted by Gasteiger charge is -2.06. The van der Waals surface area contributed by atoms with Gasteiger partial charge in [0.05, 0.1) is 0 Å². The van der Waals surface area contributed by atoms with Gasteiger partial charge in [-0.3, -0.25) is 5.41 Å². The van der Waals surface area contributed by atoms with Crippen LogP contribution >= 0.6 is 23.1 Å². The topological polar surface area (TPSA) is 158 Å². The largest absolute Gasteiger partial charge is 0.370 e. The molecule has 0 atom stereocenters. The quantitative estimate of drug-likeness (QED) is 0.254. The van der Waals surface area contributed by atoms with E-state index in [-0.39, 0.29) is 17.6 Å². The fourth-order valence-electron chi connectivity index (χ4n) is 1.58. The lowest BCUT2D eigenvalue weighted by molar-refractivity contribution is 0.600. The number of amidine groups is 2. The first-order valence-electron chi connectivity index (χ1n) is 6.40. The van der Waals surface area contributed by atoms with Crippen molar-refractivity contribution in [2.75, 3.05) is 24.7 Å². The molecule has 0 saturated heterocycles. The zero-order valence-corrected chi connectivity index (χ0v) is 14.6. The Hall–Kier alpha value is -1.86. The molecule has 0 aliphatic carbocycles. The number of thiazole rings is 1. The van der Waals surface area contributed by atoms with Gasteiger partial charge in [0, 0.05) is 36.2 Å². The molecule has 1 aliphatic heterocycles. The standard InChI is InChI=1S/C10H16N8O2S3/c1-13-7-8(18-23(19,20)17-7)14-2-3-21-5-6-4-15-10(22-6)16-9(11)12/h4H,2-3,5H2,1H3,(H,13,17)(H,14,18)(H4,11,12,15,16). The van der Waals surface area contributed by atoms with Crippen LogP contribution in [-0.4, -0.2) is 50.4 Å². The monoisotopic (exact) mass is 376 g/mol. The van der Waals surface area contributed by atoms with Crippen LogP contribution in [0.1, 0.15) is 4.88 Å². The number of anilines is 1. The Morgan fingerprint density at radius 3 is 2.87 bits per heavy atom. The smallest absolute Gasteiger partial charge is 0.367 e. The van der Waals surface area contributed by atoms with E-state index in [0.717, 1.165) is 16.4 Å². The van der Waals surface area contributed by atoms with Gasteiger partial charge in [-0.1, -0.05) is 0 Å². The summed E-state index contributed by atoms with van der Waals surface area (Å²) in [7, 11) is -2.16. The Morgan fingerprint density at radius 2 is 2.17 bits per heavy atom. The molecular weight excluding hydrogens is 360 g/mol. The van der Waals surface area contributed by atoms with E-state index < -0.39 is 10.2 Å². The molecule has 0 radical (unpaired) electrons. The van der Waals surface area contributed by atoms with Crippen LogP contribution in [0.3, 0.4) is 0 Å². The minimum atomic E-state index is -3.75. The number of nitrogens with zero attached hydrogens (tertiary/aromatic N) is 3. The van der Waals surface area contributed by atoms with Crippen molar-refractivity contribution in [3.63, 3.8) is 0 Å². The number of hydrogen-bond donors (Lipinski definition) is 5. The third-order valence-electron chi connectivity index (χ3n) is 2.45.